The first-order valence-corrected chi connectivity index (χ1v) is 8.12. The summed E-state index contributed by atoms with van der Waals surface area (Å²) < 4.78 is 5.28. The van der Waals surface area contributed by atoms with Crippen LogP contribution in [0.25, 0.3) is 0 Å². The third-order valence-electron chi connectivity index (χ3n) is 3.05. The number of nitrogens with zero attached hydrogens (tertiary/aromatic N) is 1. The van der Waals surface area contributed by atoms with Crippen LogP contribution in [0.3, 0.4) is 0 Å². The van der Waals surface area contributed by atoms with E-state index in [9.17, 15) is 5.26 Å². The highest BCUT2D eigenvalue weighted by Gasteiger charge is 2.21. The molecule has 0 fully saturated rings. The van der Waals surface area contributed by atoms with Gasteiger partial charge < -0.3 is 4.42 Å². The molecule has 0 aliphatic rings. The molecule has 1 atom stereocenters. The second kappa shape index (κ2) is 9.06. The molecule has 106 valence electrons. The lowest BCUT2D eigenvalue weighted by molar-refractivity contribution is 0.406. The molecular formula is C15H24N2OS. The van der Waals surface area contributed by atoms with Gasteiger partial charge in [-0.3, -0.25) is 5.32 Å². The minimum Gasteiger partial charge on any atom is -0.468 e. The zero-order chi connectivity index (χ0) is 14.0. The molecule has 1 heterocycles. The summed E-state index contributed by atoms with van der Waals surface area (Å²) in [6, 6.07) is 6.33. The second-order valence-electron chi connectivity index (χ2n) is 4.96. The van der Waals surface area contributed by atoms with E-state index in [1.54, 1.807) is 6.26 Å². The van der Waals surface area contributed by atoms with Crippen LogP contribution in [0.15, 0.2) is 22.8 Å². The number of nitriles is 1. The fourth-order valence-electron chi connectivity index (χ4n) is 1.83. The van der Waals surface area contributed by atoms with Crippen molar-refractivity contribution in [2.24, 2.45) is 0 Å². The number of thioether (sulfide) groups is 1. The highest BCUT2D eigenvalue weighted by atomic mass is 32.2. The van der Waals surface area contributed by atoms with Gasteiger partial charge in [-0.2, -0.15) is 17.0 Å². The SMILES string of the molecule is CCCNC(C)(C#N)CCCCSCc1ccco1. The molecule has 0 spiro atoms. The van der Waals surface area contributed by atoms with Gasteiger partial charge in [0.15, 0.2) is 0 Å². The van der Waals surface area contributed by atoms with Crippen LogP contribution in [0.5, 0.6) is 0 Å². The maximum Gasteiger partial charge on any atom is 0.113 e. The van der Waals surface area contributed by atoms with Gasteiger partial charge in [-0.1, -0.05) is 6.92 Å². The van der Waals surface area contributed by atoms with Crippen molar-refractivity contribution in [3.05, 3.63) is 24.2 Å². The summed E-state index contributed by atoms with van der Waals surface area (Å²) in [4.78, 5) is 0. The summed E-state index contributed by atoms with van der Waals surface area (Å²) in [6.45, 7) is 5.03. The number of hydrogen-bond donors (Lipinski definition) is 1. The molecule has 1 rings (SSSR count). The molecular weight excluding hydrogens is 256 g/mol. The largest absolute Gasteiger partial charge is 0.468 e. The number of unbranched alkanes of at least 4 members (excludes halogenated alkanes) is 1. The zero-order valence-electron chi connectivity index (χ0n) is 11.9. The van der Waals surface area contributed by atoms with Gasteiger partial charge in [0, 0.05) is 0 Å². The van der Waals surface area contributed by atoms with Crippen LogP contribution >= 0.6 is 11.8 Å². The standard InChI is InChI=1S/C15H24N2OS/c1-3-9-17-15(2,13-16)8-4-5-11-19-12-14-7-6-10-18-14/h6-7,10,17H,3-5,8-9,11-12H2,1-2H3. The molecule has 1 unspecified atom stereocenters. The van der Waals surface area contributed by atoms with Crippen molar-refractivity contribution in [2.75, 3.05) is 12.3 Å². The Hall–Kier alpha value is -0.920. The van der Waals surface area contributed by atoms with Gasteiger partial charge in [-0.25, -0.2) is 0 Å². The maximum atomic E-state index is 9.21. The molecule has 0 saturated heterocycles. The molecule has 0 aromatic carbocycles. The quantitative estimate of drug-likeness (QED) is 0.659. The van der Waals surface area contributed by atoms with Gasteiger partial charge in [0.25, 0.3) is 0 Å². The molecule has 0 aliphatic heterocycles. The van der Waals surface area contributed by atoms with Gasteiger partial charge >= 0.3 is 0 Å². The average molecular weight is 280 g/mol. The Morgan fingerprint density at radius 3 is 2.95 bits per heavy atom. The predicted octanol–water partition coefficient (Wildman–Crippen LogP) is 3.96. The van der Waals surface area contributed by atoms with E-state index >= 15 is 0 Å². The maximum absolute atomic E-state index is 9.21. The highest BCUT2D eigenvalue weighted by Crippen LogP contribution is 2.17. The third kappa shape index (κ3) is 6.70. The van der Waals surface area contributed by atoms with Crippen LogP contribution < -0.4 is 5.32 Å². The summed E-state index contributed by atoms with van der Waals surface area (Å²) in [7, 11) is 0. The first kappa shape index (κ1) is 16.1. The summed E-state index contributed by atoms with van der Waals surface area (Å²) in [5.41, 5.74) is -0.359. The van der Waals surface area contributed by atoms with Crippen molar-refractivity contribution in [1.29, 1.82) is 5.26 Å². The van der Waals surface area contributed by atoms with Crippen molar-refractivity contribution >= 4 is 11.8 Å². The van der Waals surface area contributed by atoms with Crippen LogP contribution in [0.1, 0.15) is 45.3 Å². The van der Waals surface area contributed by atoms with Crippen molar-refractivity contribution in [2.45, 2.75) is 50.8 Å². The topological polar surface area (TPSA) is 49.0 Å². The molecule has 0 radical (unpaired) electrons. The number of furan rings is 1. The van der Waals surface area contributed by atoms with E-state index in [4.69, 9.17) is 4.42 Å². The smallest absolute Gasteiger partial charge is 0.113 e. The van der Waals surface area contributed by atoms with Crippen molar-refractivity contribution < 1.29 is 4.42 Å². The Labute approximate surface area is 120 Å². The van der Waals surface area contributed by atoms with Crippen LogP contribution in [-0.2, 0) is 5.75 Å². The summed E-state index contributed by atoms with van der Waals surface area (Å²) in [5.74, 6) is 3.10. The Balaban J connectivity index is 2.07. The zero-order valence-corrected chi connectivity index (χ0v) is 12.8. The van der Waals surface area contributed by atoms with E-state index in [1.165, 1.54) is 0 Å². The van der Waals surface area contributed by atoms with Gasteiger partial charge in [0.1, 0.15) is 11.3 Å². The predicted molar refractivity (Wildman–Crippen MR) is 81.0 cm³/mol. The molecule has 0 bridgehead atoms. The summed E-state index contributed by atoms with van der Waals surface area (Å²) >= 11 is 1.89. The lowest BCUT2D eigenvalue weighted by Gasteiger charge is -2.22. The van der Waals surface area contributed by atoms with E-state index in [2.05, 4.69) is 18.3 Å². The lowest BCUT2D eigenvalue weighted by Crippen LogP contribution is -2.41. The Kier molecular flexibility index (Phi) is 7.69. The van der Waals surface area contributed by atoms with Crippen molar-refractivity contribution in [3.8, 4) is 6.07 Å². The van der Waals surface area contributed by atoms with Gasteiger partial charge in [0.05, 0.1) is 18.1 Å². The monoisotopic (exact) mass is 280 g/mol. The van der Waals surface area contributed by atoms with E-state index in [0.717, 1.165) is 49.5 Å². The molecule has 0 amide bonds. The molecule has 1 aromatic rings. The van der Waals surface area contributed by atoms with Crippen LogP contribution in [-0.4, -0.2) is 17.8 Å². The number of rotatable bonds is 10. The Bertz CT molecular complexity index is 372. The highest BCUT2D eigenvalue weighted by molar-refractivity contribution is 7.98. The lowest BCUT2D eigenvalue weighted by atomic mass is 9.96. The van der Waals surface area contributed by atoms with Crippen molar-refractivity contribution in [3.63, 3.8) is 0 Å². The summed E-state index contributed by atoms with van der Waals surface area (Å²) in [6.07, 6.45) is 5.94. The fraction of sp³-hybridized carbons (Fsp3) is 0.667. The van der Waals surface area contributed by atoms with Crippen molar-refractivity contribution in [1.82, 2.24) is 5.32 Å². The van der Waals surface area contributed by atoms with Gasteiger partial charge in [-0.05, 0) is 57.0 Å². The first-order chi connectivity index (χ1) is 9.20. The first-order valence-electron chi connectivity index (χ1n) is 6.96. The normalized spacial score (nSPS) is 13.9. The third-order valence-corrected chi connectivity index (χ3v) is 4.12. The van der Waals surface area contributed by atoms with Crippen LogP contribution in [0.4, 0.5) is 0 Å². The van der Waals surface area contributed by atoms with Gasteiger partial charge in [0.2, 0.25) is 0 Å². The minimum absolute atomic E-state index is 0.359. The van der Waals surface area contributed by atoms with Gasteiger partial charge in [-0.15, -0.1) is 0 Å². The van der Waals surface area contributed by atoms with E-state index < -0.39 is 0 Å². The number of nitrogens with one attached hydrogen (secondary N) is 1. The number of hydrogen-bond acceptors (Lipinski definition) is 4. The summed E-state index contributed by atoms with van der Waals surface area (Å²) in [5, 5.41) is 12.5. The van der Waals surface area contributed by atoms with Crippen LogP contribution in [0, 0.1) is 11.3 Å². The molecule has 0 aliphatic carbocycles. The molecule has 0 saturated carbocycles. The minimum atomic E-state index is -0.359. The Morgan fingerprint density at radius 1 is 1.47 bits per heavy atom. The van der Waals surface area contributed by atoms with Crippen LogP contribution in [0.2, 0.25) is 0 Å². The van der Waals surface area contributed by atoms with E-state index in [-0.39, 0.29) is 5.54 Å². The second-order valence-corrected chi connectivity index (χ2v) is 6.06. The average Bonchev–Trinajstić information content (AvgIpc) is 2.93. The molecule has 3 nitrogen and oxygen atoms in total. The molecule has 1 aromatic heterocycles. The van der Waals surface area contributed by atoms with E-state index in [0.29, 0.717) is 0 Å². The Morgan fingerprint density at radius 2 is 2.32 bits per heavy atom. The molecule has 4 heteroatoms. The fourth-order valence-corrected chi connectivity index (χ4v) is 2.75. The molecule has 1 N–H and O–H groups in total. The molecule has 19 heavy (non-hydrogen) atoms. The van der Waals surface area contributed by atoms with E-state index in [1.807, 2.05) is 30.8 Å².